The Morgan fingerprint density at radius 3 is 2.36 bits per heavy atom. The molecule has 0 bridgehead atoms. The summed E-state index contributed by atoms with van der Waals surface area (Å²) in [5, 5.41) is 2.04. The van der Waals surface area contributed by atoms with Gasteiger partial charge in [-0.1, -0.05) is 36.4 Å². The van der Waals surface area contributed by atoms with Crippen molar-refractivity contribution in [3.05, 3.63) is 88.1 Å². The SMILES string of the molecule is C[C@@H](Cc1cccs1)N(Cc1ccccc1)C(=O)c1ccc(S(=O)(=O)N2CCOCC2)cc1. The number of thiophene rings is 1. The first-order valence-corrected chi connectivity index (χ1v) is 13.3. The lowest BCUT2D eigenvalue weighted by Gasteiger charge is -2.30. The predicted octanol–water partition coefficient (Wildman–Crippen LogP) is 4.04. The van der Waals surface area contributed by atoms with Gasteiger partial charge < -0.3 is 9.64 Å². The van der Waals surface area contributed by atoms with Crippen LogP contribution in [-0.2, 0) is 27.7 Å². The fourth-order valence-electron chi connectivity index (χ4n) is 3.91. The monoisotopic (exact) mass is 484 g/mol. The number of rotatable bonds is 8. The zero-order chi connectivity index (χ0) is 23.3. The van der Waals surface area contributed by atoms with E-state index in [2.05, 4.69) is 13.0 Å². The third-order valence-corrected chi connectivity index (χ3v) is 8.59. The van der Waals surface area contributed by atoms with Crippen molar-refractivity contribution in [1.82, 2.24) is 9.21 Å². The van der Waals surface area contributed by atoms with Crippen molar-refractivity contribution in [3.63, 3.8) is 0 Å². The van der Waals surface area contributed by atoms with Gasteiger partial charge >= 0.3 is 0 Å². The molecule has 8 heteroatoms. The third-order valence-electron chi connectivity index (χ3n) is 5.77. The predicted molar refractivity (Wildman–Crippen MR) is 130 cm³/mol. The molecular weight excluding hydrogens is 456 g/mol. The molecular formula is C25H28N2O4S2. The molecule has 1 atom stereocenters. The van der Waals surface area contributed by atoms with Crippen LogP contribution in [-0.4, -0.2) is 55.9 Å². The van der Waals surface area contributed by atoms with Gasteiger partial charge in [-0.15, -0.1) is 11.3 Å². The Morgan fingerprint density at radius 2 is 1.73 bits per heavy atom. The summed E-state index contributed by atoms with van der Waals surface area (Å²) in [6.07, 6.45) is 0.764. The maximum absolute atomic E-state index is 13.5. The van der Waals surface area contributed by atoms with Gasteiger partial charge in [0.25, 0.3) is 5.91 Å². The van der Waals surface area contributed by atoms with Gasteiger partial charge in [-0.05, 0) is 48.2 Å². The summed E-state index contributed by atoms with van der Waals surface area (Å²) in [6.45, 7) is 4.01. The summed E-state index contributed by atoms with van der Waals surface area (Å²) in [5.41, 5.74) is 1.53. The summed E-state index contributed by atoms with van der Waals surface area (Å²) < 4.78 is 32.5. The van der Waals surface area contributed by atoms with E-state index in [0.29, 0.717) is 38.4 Å². The number of ether oxygens (including phenoxy) is 1. The van der Waals surface area contributed by atoms with Crippen LogP contribution in [0.4, 0.5) is 0 Å². The van der Waals surface area contributed by atoms with Crippen LogP contribution in [0, 0.1) is 0 Å². The van der Waals surface area contributed by atoms with E-state index < -0.39 is 10.0 Å². The normalized spacial score (nSPS) is 15.8. The van der Waals surface area contributed by atoms with Gasteiger partial charge in [0.2, 0.25) is 10.0 Å². The van der Waals surface area contributed by atoms with E-state index in [9.17, 15) is 13.2 Å². The average Bonchev–Trinajstić information content (AvgIpc) is 3.36. The van der Waals surface area contributed by atoms with Gasteiger partial charge in [0.05, 0.1) is 18.1 Å². The van der Waals surface area contributed by atoms with Crippen molar-refractivity contribution in [3.8, 4) is 0 Å². The highest BCUT2D eigenvalue weighted by Gasteiger charge is 2.27. The number of sulfonamides is 1. The maximum atomic E-state index is 13.5. The first kappa shape index (κ1) is 23.6. The number of nitrogens with zero attached hydrogens (tertiary/aromatic N) is 2. The number of hydrogen-bond acceptors (Lipinski definition) is 5. The summed E-state index contributed by atoms with van der Waals surface area (Å²) in [6, 6.07) is 20.3. The Morgan fingerprint density at radius 1 is 1.03 bits per heavy atom. The zero-order valence-electron chi connectivity index (χ0n) is 18.6. The Bertz CT molecular complexity index is 1140. The Kier molecular flexibility index (Phi) is 7.60. The fraction of sp³-hybridized carbons (Fsp3) is 0.320. The quantitative estimate of drug-likeness (QED) is 0.484. The van der Waals surface area contributed by atoms with Crippen molar-refractivity contribution in [2.75, 3.05) is 26.3 Å². The number of carbonyl (C=O) groups is 1. The minimum Gasteiger partial charge on any atom is -0.379 e. The molecule has 4 rings (SSSR count). The molecule has 1 aliphatic rings. The standard InChI is InChI=1S/C25H28N2O4S2/c1-20(18-23-8-5-17-32-23)27(19-21-6-3-2-4-7-21)25(28)22-9-11-24(12-10-22)33(29,30)26-13-15-31-16-14-26/h2-12,17,20H,13-16,18-19H2,1H3/t20-/m0/s1. The van der Waals surface area contributed by atoms with E-state index in [-0.39, 0.29) is 16.8 Å². The molecule has 174 valence electrons. The molecule has 2 aromatic carbocycles. The summed E-state index contributed by atoms with van der Waals surface area (Å²) in [7, 11) is -3.59. The largest absolute Gasteiger partial charge is 0.379 e. The van der Waals surface area contributed by atoms with Gasteiger partial charge in [-0.2, -0.15) is 4.31 Å². The highest BCUT2D eigenvalue weighted by atomic mass is 32.2. The molecule has 0 spiro atoms. The zero-order valence-corrected chi connectivity index (χ0v) is 20.2. The van der Waals surface area contributed by atoms with Gasteiger partial charge in [0, 0.05) is 42.5 Å². The molecule has 0 unspecified atom stereocenters. The van der Waals surface area contributed by atoms with Gasteiger partial charge in [0.15, 0.2) is 0 Å². The highest BCUT2D eigenvalue weighted by Crippen LogP contribution is 2.22. The van der Waals surface area contributed by atoms with Crippen LogP contribution in [0.2, 0.25) is 0 Å². The maximum Gasteiger partial charge on any atom is 0.254 e. The fourth-order valence-corrected chi connectivity index (χ4v) is 6.14. The molecule has 0 saturated carbocycles. The van der Waals surface area contributed by atoms with Gasteiger partial charge in [0.1, 0.15) is 0 Å². The van der Waals surface area contributed by atoms with Crippen molar-refractivity contribution >= 4 is 27.3 Å². The van der Waals surface area contributed by atoms with Crippen molar-refractivity contribution < 1.29 is 17.9 Å². The topological polar surface area (TPSA) is 66.9 Å². The van der Waals surface area contributed by atoms with E-state index >= 15 is 0 Å². The summed E-state index contributed by atoms with van der Waals surface area (Å²) in [4.78, 5) is 16.8. The Labute approximate surface area is 199 Å². The van der Waals surface area contributed by atoms with E-state index in [0.717, 1.165) is 12.0 Å². The van der Waals surface area contributed by atoms with Crippen LogP contribution >= 0.6 is 11.3 Å². The second kappa shape index (κ2) is 10.6. The van der Waals surface area contributed by atoms with E-state index in [1.54, 1.807) is 23.5 Å². The summed E-state index contributed by atoms with van der Waals surface area (Å²) in [5.74, 6) is -0.113. The summed E-state index contributed by atoms with van der Waals surface area (Å²) >= 11 is 1.68. The van der Waals surface area contributed by atoms with E-state index in [1.807, 2.05) is 46.7 Å². The van der Waals surface area contributed by atoms with E-state index in [4.69, 9.17) is 4.74 Å². The number of amides is 1. The van der Waals surface area contributed by atoms with Crippen molar-refractivity contribution in [2.24, 2.45) is 0 Å². The highest BCUT2D eigenvalue weighted by molar-refractivity contribution is 7.89. The molecule has 1 saturated heterocycles. The molecule has 2 heterocycles. The van der Waals surface area contributed by atoms with Crippen molar-refractivity contribution in [1.29, 1.82) is 0 Å². The van der Waals surface area contributed by atoms with Crippen LogP contribution in [0.5, 0.6) is 0 Å². The first-order chi connectivity index (χ1) is 15.9. The van der Waals surface area contributed by atoms with Crippen molar-refractivity contribution in [2.45, 2.75) is 30.8 Å². The lowest BCUT2D eigenvalue weighted by Crippen LogP contribution is -2.40. The third kappa shape index (κ3) is 5.70. The average molecular weight is 485 g/mol. The number of benzene rings is 2. The molecule has 6 nitrogen and oxygen atoms in total. The smallest absolute Gasteiger partial charge is 0.254 e. The van der Waals surface area contributed by atoms with Gasteiger partial charge in [-0.3, -0.25) is 4.79 Å². The molecule has 3 aromatic rings. The van der Waals surface area contributed by atoms with Crippen LogP contribution in [0.3, 0.4) is 0 Å². The molecule has 0 radical (unpaired) electrons. The van der Waals surface area contributed by atoms with Crippen LogP contribution < -0.4 is 0 Å². The Hall–Kier alpha value is -2.52. The first-order valence-electron chi connectivity index (χ1n) is 11.0. The van der Waals surface area contributed by atoms with Crippen LogP contribution in [0.1, 0.15) is 27.7 Å². The minimum atomic E-state index is -3.59. The van der Waals surface area contributed by atoms with Crippen LogP contribution in [0.15, 0.2) is 77.0 Å². The second-order valence-corrected chi connectivity index (χ2v) is 11.1. The van der Waals surface area contributed by atoms with Crippen LogP contribution in [0.25, 0.3) is 0 Å². The number of morpholine rings is 1. The lowest BCUT2D eigenvalue weighted by molar-refractivity contribution is 0.0676. The molecule has 1 fully saturated rings. The Balaban J connectivity index is 1.55. The number of hydrogen-bond donors (Lipinski definition) is 0. The molecule has 0 aliphatic carbocycles. The lowest BCUT2D eigenvalue weighted by atomic mass is 10.1. The minimum absolute atomic E-state index is 0.0203. The number of carbonyl (C=O) groups excluding carboxylic acids is 1. The molecule has 0 N–H and O–H groups in total. The van der Waals surface area contributed by atoms with E-state index in [1.165, 1.54) is 21.3 Å². The second-order valence-electron chi connectivity index (χ2n) is 8.09. The molecule has 33 heavy (non-hydrogen) atoms. The van der Waals surface area contributed by atoms with Gasteiger partial charge in [-0.25, -0.2) is 8.42 Å². The molecule has 1 aromatic heterocycles. The molecule has 1 aliphatic heterocycles. The molecule has 1 amide bonds.